The van der Waals surface area contributed by atoms with Crippen LogP contribution in [0.5, 0.6) is 5.75 Å². The molecular formula is C34H34O5. The van der Waals surface area contributed by atoms with Crippen molar-refractivity contribution in [2.24, 2.45) is 0 Å². The Balaban J connectivity index is 1.46. The number of hydrogen-bond donors (Lipinski definition) is 0. The summed E-state index contributed by atoms with van der Waals surface area (Å²) in [7, 11) is 1.65. The van der Waals surface area contributed by atoms with E-state index < -0.39 is 24.4 Å². The first-order valence-corrected chi connectivity index (χ1v) is 13.2. The largest absolute Gasteiger partial charge is 0.497 e. The molecule has 0 aromatic heterocycles. The molecule has 4 aromatic rings. The third-order valence-electron chi connectivity index (χ3n) is 6.80. The van der Waals surface area contributed by atoms with Crippen LogP contribution in [-0.4, -0.2) is 25.4 Å². The van der Waals surface area contributed by atoms with Gasteiger partial charge in [-0.2, -0.15) is 0 Å². The molecule has 0 radical (unpaired) electrons. The topological polar surface area (TPSA) is 46.2 Å². The van der Waals surface area contributed by atoms with Crippen molar-refractivity contribution in [2.45, 2.75) is 44.2 Å². The Bertz CT molecular complexity index is 1290. The zero-order valence-electron chi connectivity index (χ0n) is 22.1. The molecule has 5 heteroatoms. The van der Waals surface area contributed by atoms with Crippen molar-refractivity contribution in [3.05, 3.63) is 150 Å². The molecule has 5 rings (SSSR count). The van der Waals surface area contributed by atoms with Crippen LogP contribution in [-0.2, 0) is 38.8 Å². The lowest BCUT2D eigenvalue weighted by molar-refractivity contribution is -0.216. The van der Waals surface area contributed by atoms with Crippen molar-refractivity contribution >= 4 is 0 Å². The van der Waals surface area contributed by atoms with Gasteiger partial charge in [0, 0.05) is 0 Å². The van der Waals surface area contributed by atoms with Gasteiger partial charge >= 0.3 is 0 Å². The van der Waals surface area contributed by atoms with Crippen LogP contribution in [0.25, 0.3) is 0 Å². The first-order chi connectivity index (χ1) is 19.2. The molecule has 0 amide bonds. The highest BCUT2D eigenvalue weighted by molar-refractivity contribution is 5.31. The minimum Gasteiger partial charge on any atom is -0.497 e. The van der Waals surface area contributed by atoms with Crippen molar-refractivity contribution in [2.75, 3.05) is 7.11 Å². The average molecular weight is 523 g/mol. The molecular weight excluding hydrogens is 488 g/mol. The Morgan fingerprint density at radius 2 is 1.05 bits per heavy atom. The molecule has 1 aliphatic rings. The average Bonchev–Trinajstić information content (AvgIpc) is 3.00. The normalized spacial score (nSPS) is 20.8. The number of hydrogen-bond acceptors (Lipinski definition) is 5. The van der Waals surface area contributed by atoms with E-state index in [0.29, 0.717) is 25.6 Å². The maximum absolute atomic E-state index is 6.62. The Kier molecular flexibility index (Phi) is 9.07. The van der Waals surface area contributed by atoms with Crippen LogP contribution in [0.1, 0.15) is 28.4 Å². The molecule has 39 heavy (non-hydrogen) atoms. The van der Waals surface area contributed by atoms with Crippen molar-refractivity contribution in [1.82, 2.24) is 0 Å². The molecule has 1 fully saturated rings. The molecule has 0 spiro atoms. The number of benzene rings is 4. The van der Waals surface area contributed by atoms with Gasteiger partial charge in [0.15, 0.2) is 6.10 Å². The Morgan fingerprint density at radius 1 is 0.590 bits per heavy atom. The molecule has 4 aromatic carbocycles. The molecule has 1 saturated heterocycles. The predicted octanol–water partition coefficient (Wildman–Crippen LogP) is 7.04. The van der Waals surface area contributed by atoms with Crippen LogP contribution in [0, 0.1) is 0 Å². The Morgan fingerprint density at radius 3 is 1.54 bits per heavy atom. The molecule has 4 atom stereocenters. The summed E-state index contributed by atoms with van der Waals surface area (Å²) in [6.45, 7) is 5.48. The van der Waals surface area contributed by atoms with Gasteiger partial charge in [0.2, 0.25) is 0 Å². The van der Waals surface area contributed by atoms with Crippen molar-refractivity contribution < 1.29 is 23.7 Å². The number of methoxy groups -OCH3 is 1. The van der Waals surface area contributed by atoms with Gasteiger partial charge in [0.05, 0.1) is 26.9 Å². The lowest BCUT2D eigenvalue weighted by atomic mass is 9.92. The van der Waals surface area contributed by atoms with Crippen LogP contribution in [0.2, 0.25) is 0 Å². The van der Waals surface area contributed by atoms with Crippen LogP contribution in [0.3, 0.4) is 0 Å². The van der Waals surface area contributed by atoms with E-state index in [1.54, 1.807) is 7.11 Å². The first-order valence-electron chi connectivity index (χ1n) is 13.2. The van der Waals surface area contributed by atoms with E-state index in [2.05, 4.69) is 18.7 Å². The lowest BCUT2D eigenvalue weighted by Crippen LogP contribution is -2.51. The van der Waals surface area contributed by atoms with E-state index in [-0.39, 0.29) is 0 Å². The highest BCUT2D eigenvalue weighted by atomic mass is 16.6. The number of ether oxygens (including phenoxy) is 5. The third-order valence-corrected chi connectivity index (χ3v) is 6.80. The van der Waals surface area contributed by atoms with Crippen molar-refractivity contribution in [3.63, 3.8) is 0 Å². The van der Waals surface area contributed by atoms with Gasteiger partial charge in [-0.3, -0.25) is 0 Å². The second-order valence-electron chi connectivity index (χ2n) is 9.52. The predicted molar refractivity (Wildman–Crippen MR) is 151 cm³/mol. The Labute approximate surface area is 230 Å². The van der Waals surface area contributed by atoms with Crippen molar-refractivity contribution in [1.29, 1.82) is 0 Å². The van der Waals surface area contributed by atoms with Gasteiger partial charge in [0.25, 0.3) is 0 Å². The fourth-order valence-corrected chi connectivity index (χ4v) is 4.72. The van der Waals surface area contributed by atoms with Gasteiger partial charge in [-0.1, -0.05) is 110 Å². The standard InChI is InChI=1S/C34H34O5/c1-25-31(36-22-26-12-6-3-7-13-26)33(37-23-27-14-8-4-9-15-27)34(38-24-28-16-10-5-11-17-28)32(39-25)29-18-20-30(35-2)21-19-29/h3-21,31-34H,1,22-24H2,2H3/t31-,32+,33+,34+/m1/s1. The van der Waals surface area contributed by atoms with Gasteiger partial charge < -0.3 is 23.7 Å². The van der Waals surface area contributed by atoms with E-state index in [0.717, 1.165) is 28.0 Å². The summed E-state index contributed by atoms with van der Waals surface area (Å²) < 4.78 is 31.5. The van der Waals surface area contributed by atoms with E-state index in [4.69, 9.17) is 23.7 Å². The fourth-order valence-electron chi connectivity index (χ4n) is 4.72. The molecule has 0 bridgehead atoms. The van der Waals surface area contributed by atoms with Gasteiger partial charge in [-0.25, -0.2) is 0 Å². The van der Waals surface area contributed by atoms with E-state index in [9.17, 15) is 0 Å². The molecule has 0 N–H and O–H groups in total. The number of rotatable bonds is 11. The molecule has 0 aliphatic carbocycles. The lowest BCUT2D eigenvalue weighted by Gasteiger charge is -2.43. The molecule has 1 aliphatic heterocycles. The monoisotopic (exact) mass is 522 g/mol. The molecule has 5 nitrogen and oxygen atoms in total. The summed E-state index contributed by atoms with van der Waals surface area (Å²) in [6.07, 6.45) is -1.90. The molecule has 1 heterocycles. The molecule has 0 unspecified atom stereocenters. The quantitative estimate of drug-likeness (QED) is 0.212. The van der Waals surface area contributed by atoms with Crippen LogP contribution < -0.4 is 4.74 Å². The summed E-state index contributed by atoms with van der Waals surface area (Å²) in [6, 6.07) is 38.1. The zero-order valence-corrected chi connectivity index (χ0v) is 22.1. The van der Waals surface area contributed by atoms with E-state index in [1.807, 2.05) is 103 Å². The Hall–Kier alpha value is -3.90. The van der Waals surface area contributed by atoms with E-state index >= 15 is 0 Å². The minimum atomic E-state index is -0.524. The maximum Gasteiger partial charge on any atom is 0.152 e. The fraction of sp³-hybridized carbons (Fsp3) is 0.235. The third kappa shape index (κ3) is 6.95. The highest BCUT2D eigenvalue weighted by Gasteiger charge is 2.46. The van der Waals surface area contributed by atoms with Crippen LogP contribution in [0.4, 0.5) is 0 Å². The highest BCUT2D eigenvalue weighted by Crippen LogP contribution is 2.39. The van der Waals surface area contributed by atoms with Crippen LogP contribution >= 0.6 is 0 Å². The first kappa shape index (κ1) is 26.7. The zero-order chi connectivity index (χ0) is 26.9. The van der Waals surface area contributed by atoms with Gasteiger partial charge in [-0.05, 0) is 34.4 Å². The summed E-state index contributed by atoms with van der Waals surface area (Å²) in [5.74, 6) is 1.29. The molecule has 0 saturated carbocycles. The second-order valence-corrected chi connectivity index (χ2v) is 9.52. The molecule has 200 valence electrons. The second kappa shape index (κ2) is 13.3. The van der Waals surface area contributed by atoms with Crippen LogP contribution in [0.15, 0.2) is 128 Å². The summed E-state index contributed by atoms with van der Waals surface area (Å²) in [5.41, 5.74) is 4.15. The van der Waals surface area contributed by atoms with Gasteiger partial charge in [-0.15, -0.1) is 0 Å². The minimum absolute atomic E-state index is 0.400. The van der Waals surface area contributed by atoms with Crippen molar-refractivity contribution in [3.8, 4) is 5.75 Å². The smallest absolute Gasteiger partial charge is 0.152 e. The SMILES string of the molecule is C=C1O[C@@H](c2ccc(OC)cc2)[C@H](OCc2ccccc2)[C@@H](OCc2ccccc2)[C@@H]1OCc1ccccc1. The summed E-state index contributed by atoms with van der Waals surface area (Å²) in [5, 5.41) is 0. The summed E-state index contributed by atoms with van der Waals surface area (Å²) in [4.78, 5) is 0. The van der Waals surface area contributed by atoms with E-state index in [1.165, 1.54) is 0 Å². The maximum atomic E-state index is 6.62. The van der Waals surface area contributed by atoms with Gasteiger partial charge in [0.1, 0.15) is 29.8 Å². The summed E-state index contributed by atoms with van der Waals surface area (Å²) >= 11 is 0.